The number of benzene rings is 9. The van der Waals surface area contributed by atoms with Crippen LogP contribution in [0.2, 0.25) is 0 Å². The summed E-state index contributed by atoms with van der Waals surface area (Å²) in [7, 11) is 0. The van der Waals surface area contributed by atoms with Crippen molar-refractivity contribution in [3.05, 3.63) is 143 Å². The highest BCUT2D eigenvalue weighted by atomic mass is 16.5. The van der Waals surface area contributed by atoms with E-state index in [1.807, 2.05) is 0 Å². The molecule has 0 saturated heterocycles. The Morgan fingerprint density at radius 1 is 0.225 bits per heavy atom. The van der Waals surface area contributed by atoms with Crippen molar-refractivity contribution in [2.24, 2.45) is 0 Å². The van der Waals surface area contributed by atoms with Gasteiger partial charge in [-0.15, -0.1) is 0 Å². The Kier molecular flexibility index (Phi) is 11.8. The van der Waals surface area contributed by atoms with Crippen LogP contribution in [-0.4, -0.2) is 39.6 Å². The van der Waals surface area contributed by atoms with Crippen LogP contribution in [0.4, 0.5) is 0 Å². The number of fused-ring (bicyclic) bond motifs is 9. The van der Waals surface area contributed by atoms with Crippen LogP contribution in [0.1, 0.15) is 152 Å². The molecule has 0 aliphatic heterocycles. The SMILES string of the molecule is CCCCOc1cc2c(cc1OCCCC)-c1ccc3c4c(ccc-2c14)C12c4ccc5c6c(ccc(c46)C31c1ccc3c4c(ccc2c14)-c1cc(OCCCC)c(OCCCC)cc1-3)-c1cc(OCCCC)c(OCCCC)cc1-5. The lowest BCUT2D eigenvalue weighted by Gasteiger charge is -2.40. The Bertz CT molecular complexity index is 3410. The normalized spacial score (nSPS) is 16.9. The quantitative estimate of drug-likeness (QED) is 0.0562. The molecule has 9 aromatic carbocycles. The number of hydrogen-bond acceptors (Lipinski definition) is 6. The van der Waals surface area contributed by atoms with Crippen LogP contribution in [0.15, 0.2) is 109 Å². The van der Waals surface area contributed by atoms with Gasteiger partial charge in [-0.05, 0) is 207 Å². The van der Waals surface area contributed by atoms with E-state index in [4.69, 9.17) is 28.4 Å². The van der Waals surface area contributed by atoms with E-state index >= 15 is 0 Å². The summed E-state index contributed by atoms with van der Waals surface area (Å²) in [6.45, 7) is 17.3. The second kappa shape index (κ2) is 19.1. The minimum absolute atomic E-state index is 0.571. The molecule has 0 aromatic heterocycles. The van der Waals surface area contributed by atoms with Gasteiger partial charge in [0, 0.05) is 0 Å². The van der Waals surface area contributed by atoms with E-state index in [0.29, 0.717) is 39.6 Å². The van der Waals surface area contributed by atoms with Crippen molar-refractivity contribution in [3.63, 3.8) is 0 Å². The Hall–Kier alpha value is -7.44. The fourth-order valence-electron chi connectivity index (χ4n) is 15.4. The monoisotopic (exact) mass is 1060 g/mol. The molecule has 9 aromatic rings. The van der Waals surface area contributed by atoms with E-state index in [9.17, 15) is 0 Å². The van der Waals surface area contributed by atoms with Crippen LogP contribution in [0.5, 0.6) is 34.5 Å². The van der Waals surface area contributed by atoms with E-state index in [0.717, 1.165) is 112 Å². The predicted octanol–water partition coefficient (Wildman–Crippen LogP) is 19.5. The molecular weight excluding hydrogens is 985 g/mol. The van der Waals surface area contributed by atoms with E-state index in [1.165, 1.54) is 132 Å². The Morgan fingerprint density at radius 3 is 0.562 bits per heavy atom. The van der Waals surface area contributed by atoms with Crippen LogP contribution in [0.25, 0.3) is 99.1 Å². The van der Waals surface area contributed by atoms with Gasteiger partial charge < -0.3 is 28.4 Å². The summed E-state index contributed by atoms with van der Waals surface area (Å²) in [5.74, 6) is 5.06. The molecule has 0 heterocycles. The summed E-state index contributed by atoms with van der Waals surface area (Å²) in [6.07, 6.45) is 12.4. The summed E-state index contributed by atoms with van der Waals surface area (Å²) in [5, 5.41) is 8.20. The van der Waals surface area contributed by atoms with Crippen molar-refractivity contribution >= 4 is 32.3 Å². The molecule has 6 heteroatoms. The van der Waals surface area contributed by atoms with Crippen molar-refractivity contribution in [1.82, 2.24) is 0 Å². The van der Waals surface area contributed by atoms with Crippen molar-refractivity contribution in [2.45, 2.75) is 129 Å². The Balaban J connectivity index is 0.981. The maximum absolute atomic E-state index is 6.61. The number of hydrogen-bond donors (Lipinski definition) is 0. The molecule has 404 valence electrons. The smallest absolute Gasteiger partial charge is 0.161 e. The summed E-state index contributed by atoms with van der Waals surface area (Å²) >= 11 is 0. The van der Waals surface area contributed by atoms with E-state index in [1.54, 1.807) is 0 Å². The molecule has 0 unspecified atom stereocenters. The first-order valence-electron chi connectivity index (χ1n) is 30.6. The van der Waals surface area contributed by atoms with E-state index in [2.05, 4.69) is 151 Å². The third kappa shape index (κ3) is 6.48. The molecule has 0 fully saturated rings. The van der Waals surface area contributed by atoms with Crippen molar-refractivity contribution < 1.29 is 28.4 Å². The standard InChI is InChI=1S/C74H72O6/c1-7-13-31-75-61-37-49-43-19-25-55-70-56(26-20-44(67(43)70)50(49)38-62(61)76-32-14-8-2)74-59-29-23-47-53-41-65(79-35-17-11-5)63(77-33-15-9-3)39-51(53)45-21-27-57(71(59)68(45)47)73(55,74)58-28-22-46-52-40-64(78-34-16-10-4)66(80-36-18-12-6)42-54(52)48-24-30-60(74)72(58)69(46)48/h19-30,37-42H,7-18,31-36H2,1-6H3. The molecule has 6 aliphatic carbocycles. The second-order valence-electron chi connectivity index (χ2n) is 23.5. The zero-order valence-corrected chi connectivity index (χ0v) is 47.6. The minimum Gasteiger partial charge on any atom is -0.490 e. The first-order chi connectivity index (χ1) is 39.5. The van der Waals surface area contributed by atoms with Gasteiger partial charge in [-0.25, -0.2) is 0 Å². The summed E-state index contributed by atoms with van der Waals surface area (Å²) < 4.78 is 39.6. The molecular formula is C74H72O6. The van der Waals surface area contributed by atoms with Crippen molar-refractivity contribution in [1.29, 1.82) is 0 Å². The fourth-order valence-corrected chi connectivity index (χ4v) is 15.4. The number of rotatable bonds is 24. The molecule has 6 nitrogen and oxygen atoms in total. The predicted molar refractivity (Wildman–Crippen MR) is 327 cm³/mol. The van der Waals surface area contributed by atoms with Crippen molar-refractivity contribution in [2.75, 3.05) is 39.6 Å². The van der Waals surface area contributed by atoms with Crippen LogP contribution in [0, 0.1) is 0 Å². The van der Waals surface area contributed by atoms with Crippen LogP contribution < -0.4 is 28.4 Å². The van der Waals surface area contributed by atoms with Crippen molar-refractivity contribution in [3.8, 4) is 101 Å². The highest BCUT2D eigenvalue weighted by Crippen LogP contribution is 2.78. The average Bonchev–Trinajstić information content (AvgIpc) is 3.57. The third-order valence-corrected chi connectivity index (χ3v) is 19.0. The molecule has 0 amide bonds. The fraction of sp³-hybridized carbons (Fsp3) is 0.351. The summed E-state index contributed by atoms with van der Waals surface area (Å²) in [4.78, 5) is 0. The van der Waals surface area contributed by atoms with Crippen LogP contribution >= 0.6 is 0 Å². The van der Waals surface area contributed by atoms with Gasteiger partial charge in [-0.1, -0.05) is 153 Å². The van der Waals surface area contributed by atoms with Crippen LogP contribution in [-0.2, 0) is 10.8 Å². The largest absolute Gasteiger partial charge is 0.490 e. The zero-order valence-electron chi connectivity index (χ0n) is 47.6. The summed E-state index contributed by atoms with van der Waals surface area (Å²) in [5.41, 5.74) is 22.2. The average molecular weight is 1060 g/mol. The molecule has 6 aliphatic rings. The maximum Gasteiger partial charge on any atom is 0.161 e. The molecule has 0 N–H and O–H groups in total. The van der Waals surface area contributed by atoms with Gasteiger partial charge in [0.05, 0.1) is 50.5 Å². The van der Waals surface area contributed by atoms with E-state index < -0.39 is 10.8 Å². The Labute approximate surface area is 471 Å². The van der Waals surface area contributed by atoms with Gasteiger partial charge in [0.15, 0.2) is 34.5 Å². The molecule has 0 saturated carbocycles. The van der Waals surface area contributed by atoms with Crippen LogP contribution in [0.3, 0.4) is 0 Å². The number of ether oxygens (including phenoxy) is 6. The highest BCUT2D eigenvalue weighted by Gasteiger charge is 2.71. The molecule has 0 spiro atoms. The topological polar surface area (TPSA) is 55.4 Å². The molecule has 0 bridgehead atoms. The third-order valence-electron chi connectivity index (χ3n) is 19.0. The molecule has 0 radical (unpaired) electrons. The lowest BCUT2D eigenvalue weighted by atomic mass is 9.59. The molecule has 15 rings (SSSR count). The minimum atomic E-state index is -0.571. The highest BCUT2D eigenvalue weighted by molar-refractivity contribution is 6.27. The second-order valence-corrected chi connectivity index (χ2v) is 23.5. The van der Waals surface area contributed by atoms with Gasteiger partial charge in [0.1, 0.15) is 0 Å². The lowest BCUT2D eigenvalue weighted by molar-refractivity contribution is 0.262. The lowest BCUT2D eigenvalue weighted by Crippen LogP contribution is -2.42. The maximum atomic E-state index is 6.61. The first-order valence-corrected chi connectivity index (χ1v) is 30.6. The number of unbranched alkanes of at least 4 members (excludes halogenated alkanes) is 6. The molecule has 0 atom stereocenters. The Morgan fingerprint density at radius 2 is 0.400 bits per heavy atom. The van der Waals surface area contributed by atoms with Gasteiger partial charge in [-0.3, -0.25) is 0 Å². The first kappa shape index (κ1) is 49.6. The van der Waals surface area contributed by atoms with E-state index in [-0.39, 0.29) is 0 Å². The van der Waals surface area contributed by atoms with Gasteiger partial charge in [-0.2, -0.15) is 0 Å². The van der Waals surface area contributed by atoms with Gasteiger partial charge in [0.25, 0.3) is 0 Å². The van der Waals surface area contributed by atoms with Gasteiger partial charge in [0.2, 0.25) is 0 Å². The summed E-state index contributed by atoms with van der Waals surface area (Å²) in [6, 6.07) is 43.7. The van der Waals surface area contributed by atoms with Gasteiger partial charge >= 0.3 is 0 Å². The molecule has 80 heavy (non-hydrogen) atoms. The zero-order chi connectivity index (χ0) is 54.0.